The zero-order valence-corrected chi connectivity index (χ0v) is 19.9. The summed E-state index contributed by atoms with van der Waals surface area (Å²) >= 11 is 0. The zero-order chi connectivity index (χ0) is 18.8. The molecule has 3 aromatic rings. The highest BCUT2D eigenvalue weighted by atomic mass is 79.9. The number of guanidine groups is 1. The number of aromatic nitrogens is 2. The monoisotopic (exact) mass is 520 g/mol. The van der Waals surface area contributed by atoms with Gasteiger partial charge in [-0.15, -0.1) is 22.1 Å². The number of aryl methyl sites for hydroxylation is 2. The number of halogens is 2. The molecule has 1 aliphatic rings. The summed E-state index contributed by atoms with van der Waals surface area (Å²) in [5.74, 6) is 0.503. The maximum Gasteiger partial charge on any atom is 0.286 e. The normalized spacial score (nSPS) is 14.3. The predicted molar refractivity (Wildman–Crippen MR) is 119 cm³/mol. The van der Waals surface area contributed by atoms with E-state index in [1.165, 1.54) is 29.7 Å². The van der Waals surface area contributed by atoms with Gasteiger partial charge in [0.15, 0.2) is 5.69 Å². The molecule has 0 aliphatic carbocycles. The van der Waals surface area contributed by atoms with Gasteiger partial charge in [0.25, 0.3) is 5.65 Å². The van der Waals surface area contributed by atoms with E-state index >= 15 is 0 Å². The summed E-state index contributed by atoms with van der Waals surface area (Å²) in [5.41, 5.74) is 11.7. The van der Waals surface area contributed by atoms with Gasteiger partial charge in [-0.2, -0.15) is 5.10 Å². The highest BCUT2D eigenvalue weighted by Crippen LogP contribution is 2.20. The molecule has 1 aliphatic heterocycles. The number of hydrogen-bond donors (Lipinski definition) is 1. The van der Waals surface area contributed by atoms with Crippen molar-refractivity contribution >= 4 is 34.8 Å². The lowest BCUT2D eigenvalue weighted by molar-refractivity contribution is -0.510. The molecule has 2 aromatic heterocycles. The van der Waals surface area contributed by atoms with E-state index in [1.807, 2.05) is 12.1 Å². The van der Waals surface area contributed by atoms with Gasteiger partial charge in [0.2, 0.25) is 5.96 Å². The number of nitrogens with zero attached hydrogens (tertiary/aromatic N) is 5. The average Bonchev–Trinajstić information content (AvgIpc) is 3.31. The van der Waals surface area contributed by atoms with Crippen LogP contribution >= 0.6 is 17.0 Å². The van der Waals surface area contributed by atoms with Gasteiger partial charge < -0.3 is 27.6 Å². The van der Waals surface area contributed by atoms with Gasteiger partial charge in [0, 0.05) is 24.7 Å². The van der Waals surface area contributed by atoms with E-state index in [0.717, 1.165) is 24.2 Å². The molecule has 1 saturated heterocycles. The van der Waals surface area contributed by atoms with Gasteiger partial charge in [-0.05, 0) is 49.1 Å². The van der Waals surface area contributed by atoms with E-state index in [9.17, 15) is 0 Å². The summed E-state index contributed by atoms with van der Waals surface area (Å²) < 4.78 is 4.35. The quantitative estimate of drug-likeness (QED) is 0.229. The summed E-state index contributed by atoms with van der Waals surface area (Å²) in [6, 6.07) is 12.6. The zero-order valence-electron chi connectivity index (χ0n) is 16.6. The fourth-order valence-electron chi connectivity index (χ4n) is 3.49. The van der Waals surface area contributed by atoms with Crippen LogP contribution in [0.3, 0.4) is 0 Å². The fraction of sp³-hybridized carbons (Fsp3) is 0.286. The first-order valence-electron chi connectivity index (χ1n) is 9.31. The van der Waals surface area contributed by atoms with Crippen LogP contribution in [-0.2, 0) is 7.05 Å². The molecule has 1 aromatic carbocycles. The molecule has 0 amide bonds. The standard InChI is InChI=1S/C21H25N6.2BrH/c1-16-9-12-27-15-19(25(2)20(27)13-16)18-7-5-17(6-8-18)14-23-24-21(22)26-10-3-4-11-26;;/h5-9,12-15H,3-4,10-11H2,1-2H3,(H2,22,24);2*1H/q+1;;/p-1/b23-14+;;. The largest absolute Gasteiger partial charge is 1.00 e. The Kier molecular flexibility index (Phi) is 7.98. The molecule has 29 heavy (non-hydrogen) atoms. The summed E-state index contributed by atoms with van der Waals surface area (Å²) in [6.45, 7) is 4.06. The molecule has 0 spiro atoms. The van der Waals surface area contributed by atoms with E-state index in [0.29, 0.717) is 5.96 Å². The number of hydrogen-bond acceptors (Lipinski definition) is 2. The summed E-state index contributed by atoms with van der Waals surface area (Å²) in [7, 11) is 2.09. The Bertz CT molecular complexity index is 1020. The third-order valence-corrected chi connectivity index (χ3v) is 5.09. The molecule has 3 heterocycles. The Labute approximate surface area is 192 Å². The second-order valence-corrected chi connectivity index (χ2v) is 7.06. The van der Waals surface area contributed by atoms with Crippen LogP contribution in [0.5, 0.6) is 0 Å². The summed E-state index contributed by atoms with van der Waals surface area (Å²) in [5, 5.41) is 8.25. The van der Waals surface area contributed by atoms with Crippen molar-refractivity contribution in [3.63, 3.8) is 0 Å². The first kappa shape index (κ1) is 23.1. The smallest absolute Gasteiger partial charge is 0.286 e. The SMILES string of the molecule is Br.Cc1cc[n+]2cc(-c3ccc(/C=N/N=C(N)N4CCCC4)cc3)n(C)c2c1.[Br-]. The Morgan fingerprint density at radius 1 is 1.14 bits per heavy atom. The second kappa shape index (κ2) is 10.0. The molecule has 8 heteroatoms. The minimum Gasteiger partial charge on any atom is -1.00 e. The lowest BCUT2D eigenvalue weighted by Gasteiger charge is -2.13. The minimum absolute atomic E-state index is 0. The van der Waals surface area contributed by atoms with E-state index in [2.05, 4.69) is 74.7 Å². The van der Waals surface area contributed by atoms with Crippen LogP contribution < -0.4 is 27.1 Å². The number of imidazole rings is 1. The number of fused-ring (bicyclic) bond motifs is 1. The Morgan fingerprint density at radius 3 is 2.52 bits per heavy atom. The van der Waals surface area contributed by atoms with Crippen molar-refractivity contribution in [1.29, 1.82) is 0 Å². The van der Waals surface area contributed by atoms with Gasteiger partial charge in [-0.1, -0.05) is 12.1 Å². The predicted octanol–water partition coefficient (Wildman–Crippen LogP) is 0.0655. The van der Waals surface area contributed by atoms with Gasteiger partial charge in [-0.25, -0.2) is 8.97 Å². The lowest BCUT2D eigenvalue weighted by Crippen LogP contribution is -3.00. The van der Waals surface area contributed by atoms with Crippen molar-refractivity contribution in [2.75, 3.05) is 13.1 Å². The molecule has 1 fully saturated rings. The molecule has 4 rings (SSSR count). The third kappa shape index (κ3) is 5.05. The van der Waals surface area contributed by atoms with E-state index in [1.54, 1.807) is 6.21 Å². The average molecular weight is 522 g/mol. The Balaban J connectivity index is 0.00000150. The first-order valence-corrected chi connectivity index (χ1v) is 9.31. The molecule has 0 atom stereocenters. The van der Waals surface area contributed by atoms with Crippen LogP contribution in [0.1, 0.15) is 24.0 Å². The molecule has 0 bridgehead atoms. The van der Waals surface area contributed by atoms with Crippen LogP contribution in [0.25, 0.3) is 16.9 Å². The molecule has 0 unspecified atom stereocenters. The maximum atomic E-state index is 5.96. The van der Waals surface area contributed by atoms with Crippen LogP contribution in [0, 0.1) is 6.92 Å². The van der Waals surface area contributed by atoms with Crippen molar-refractivity contribution < 1.29 is 21.4 Å². The maximum absolute atomic E-state index is 5.96. The number of likely N-dealkylation sites (tertiary alicyclic amines) is 1. The van der Waals surface area contributed by atoms with Crippen molar-refractivity contribution in [3.8, 4) is 11.3 Å². The Morgan fingerprint density at radius 2 is 1.83 bits per heavy atom. The lowest BCUT2D eigenvalue weighted by atomic mass is 10.1. The molecule has 0 radical (unpaired) electrons. The molecule has 6 nitrogen and oxygen atoms in total. The van der Waals surface area contributed by atoms with E-state index in [-0.39, 0.29) is 34.0 Å². The number of benzene rings is 1. The molecular weight excluding hydrogens is 496 g/mol. The van der Waals surface area contributed by atoms with Crippen molar-refractivity contribution in [2.45, 2.75) is 19.8 Å². The summed E-state index contributed by atoms with van der Waals surface area (Å²) in [4.78, 5) is 2.07. The van der Waals surface area contributed by atoms with E-state index < -0.39 is 0 Å². The molecular formula is C21H26Br2N6. The minimum atomic E-state index is 0. The number of nitrogens with two attached hydrogens (primary N) is 1. The van der Waals surface area contributed by atoms with Gasteiger partial charge in [-0.3, -0.25) is 0 Å². The van der Waals surface area contributed by atoms with Gasteiger partial charge in [0.05, 0.1) is 19.5 Å². The highest BCUT2D eigenvalue weighted by Gasteiger charge is 2.16. The van der Waals surface area contributed by atoms with Gasteiger partial charge >= 0.3 is 0 Å². The van der Waals surface area contributed by atoms with Crippen LogP contribution in [0.2, 0.25) is 0 Å². The second-order valence-electron chi connectivity index (χ2n) is 7.06. The molecule has 0 saturated carbocycles. The molecule has 2 N–H and O–H groups in total. The number of pyridine rings is 1. The van der Waals surface area contributed by atoms with Crippen molar-refractivity contribution in [2.24, 2.45) is 23.0 Å². The Hall–Kier alpha value is -2.19. The topological polar surface area (TPSA) is 63.0 Å². The van der Waals surface area contributed by atoms with Crippen LogP contribution in [0.4, 0.5) is 0 Å². The van der Waals surface area contributed by atoms with Crippen molar-refractivity contribution in [1.82, 2.24) is 9.47 Å². The fourth-order valence-corrected chi connectivity index (χ4v) is 3.49. The third-order valence-electron chi connectivity index (χ3n) is 5.09. The van der Waals surface area contributed by atoms with E-state index in [4.69, 9.17) is 5.73 Å². The van der Waals surface area contributed by atoms with Crippen LogP contribution in [0.15, 0.2) is 59.0 Å². The van der Waals surface area contributed by atoms with Crippen molar-refractivity contribution in [3.05, 3.63) is 59.9 Å². The number of rotatable bonds is 3. The summed E-state index contributed by atoms with van der Waals surface area (Å²) in [6.07, 6.45) is 8.34. The van der Waals surface area contributed by atoms with Gasteiger partial charge in [0.1, 0.15) is 6.20 Å². The highest BCUT2D eigenvalue weighted by molar-refractivity contribution is 8.93. The first-order chi connectivity index (χ1) is 13.1. The molecule has 154 valence electrons. The van der Waals surface area contributed by atoms with Crippen LogP contribution in [-0.4, -0.2) is 34.7 Å².